The molecule has 3 N–H and O–H groups in total. The average Bonchev–Trinajstić information content (AvgIpc) is 3.48. The van der Waals surface area contributed by atoms with E-state index in [1.807, 2.05) is 6.08 Å². The Morgan fingerprint density at radius 2 is 1.84 bits per heavy atom. The van der Waals surface area contributed by atoms with Gasteiger partial charge in [-0.15, -0.1) is 0 Å². The molecule has 0 bridgehead atoms. The molecular formula is C28H24BNO8. The van der Waals surface area contributed by atoms with Crippen LogP contribution >= 0.6 is 0 Å². The molecule has 4 atom stereocenters. The number of anilines is 1. The standard InChI is InChI=1S/C28H24BNO8/c1-13-9-21(32)20-11-19-17(24(25(20)26(13)33)22-8-5-16(12-31)38-22)6-7-18-23(19)28(35)30(27(18)34)15-4-2-3-14(10-15)29(36)37/h2-6,8-10,18-19,23-24,31,36-37H,7,11-12H2,1H3/t18-,19+,23-,24+/m0/s1. The smallest absolute Gasteiger partial charge is 0.463 e. The number of hydrogen-bond acceptors (Lipinski definition) is 8. The molecule has 2 heterocycles. The fraction of sp³-hybridized carbons (Fsp3) is 0.286. The fourth-order valence-electron chi connectivity index (χ4n) is 6.40. The van der Waals surface area contributed by atoms with Gasteiger partial charge in [0.25, 0.3) is 0 Å². The molecule has 1 aromatic heterocycles. The summed E-state index contributed by atoms with van der Waals surface area (Å²) in [7, 11) is -1.76. The van der Waals surface area contributed by atoms with Gasteiger partial charge < -0.3 is 19.6 Å². The van der Waals surface area contributed by atoms with Gasteiger partial charge in [0, 0.05) is 16.7 Å². The Labute approximate surface area is 217 Å². The summed E-state index contributed by atoms with van der Waals surface area (Å²) in [6, 6.07) is 9.26. The third-order valence-electron chi connectivity index (χ3n) is 8.11. The first-order valence-electron chi connectivity index (χ1n) is 12.4. The lowest BCUT2D eigenvalue weighted by atomic mass is 9.60. The van der Waals surface area contributed by atoms with E-state index in [1.165, 1.54) is 18.2 Å². The van der Waals surface area contributed by atoms with Crippen molar-refractivity contribution in [1.82, 2.24) is 0 Å². The first kappa shape index (κ1) is 24.5. The van der Waals surface area contributed by atoms with E-state index >= 15 is 0 Å². The highest BCUT2D eigenvalue weighted by atomic mass is 16.4. The minimum atomic E-state index is -1.76. The quantitative estimate of drug-likeness (QED) is 0.239. The molecule has 2 aromatic rings. The van der Waals surface area contributed by atoms with Gasteiger partial charge in [-0.1, -0.05) is 23.8 Å². The number of amides is 2. The Hall–Kier alpha value is -3.86. The third kappa shape index (κ3) is 3.52. The molecule has 1 saturated heterocycles. The van der Waals surface area contributed by atoms with Crippen molar-refractivity contribution in [1.29, 1.82) is 0 Å². The first-order chi connectivity index (χ1) is 18.2. The van der Waals surface area contributed by atoms with Crippen LogP contribution in [-0.2, 0) is 25.8 Å². The summed E-state index contributed by atoms with van der Waals surface area (Å²) >= 11 is 0. The minimum absolute atomic E-state index is 0.142. The van der Waals surface area contributed by atoms with Gasteiger partial charge >= 0.3 is 7.12 Å². The van der Waals surface area contributed by atoms with Crippen LogP contribution in [0.1, 0.15) is 37.2 Å². The number of carbonyl (C=O) groups is 4. The van der Waals surface area contributed by atoms with E-state index in [1.54, 1.807) is 31.2 Å². The van der Waals surface area contributed by atoms with Gasteiger partial charge in [-0.3, -0.25) is 24.1 Å². The number of Topliss-reactive ketones (excluding diaryl/α,β-unsaturated/α-hetero) is 1. The fourth-order valence-corrected chi connectivity index (χ4v) is 6.40. The number of fused-ring (bicyclic) bond motifs is 3. The van der Waals surface area contributed by atoms with E-state index in [4.69, 9.17) is 4.42 Å². The third-order valence-corrected chi connectivity index (χ3v) is 8.11. The molecule has 1 fully saturated rings. The molecular weight excluding hydrogens is 489 g/mol. The molecule has 192 valence electrons. The second-order valence-corrected chi connectivity index (χ2v) is 10.2. The second-order valence-electron chi connectivity index (χ2n) is 10.2. The van der Waals surface area contributed by atoms with E-state index in [9.17, 15) is 34.3 Å². The van der Waals surface area contributed by atoms with Gasteiger partial charge in [-0.05, 0) is 61.5 Å². The maximum atomic E-state index is 13.9. The molecule has 9 nitrogen and oxygen atoms in total. The monoisotopic (exact) mass is 513 g/mol. The van der Waals surface area contributed by atoms with Crippen molar-refractivity contribution in [3.05, 3.63) is 82.4 Å². The zero-order valence-corrected chi connectivity index (χ0v) is 20.5. The van der Waals surface area contributed by atoms with Crippen molar-refractivity contribution in [3.8, 4) is 0 Å². The van der Waals surface area contributed by atoms with E-state index in [2.05, 4.69) is 0 Å². The number of imide groups is 1. The number of benzene rings is 1. The summed E-state index contributed by atoms with van der Waals surface area (Å²) in [4.78, 5) is 54.9. The number of rotatable bonds is 4. The molecule has 0 radical (unpaired) electrons. The highest BCUT2D eigenvalue weighted by Gasteiger charge is 2.57. The van der Waals surface area contributed by atoms with Crippen LogP contribution in [0.3, 0.4) is 0 Å². The molecule has 1 aliphatic heterocycles. The number of ketones is 2. The molecule has 0 unspecified atom stereocenters. The molecule has 2 amide bonds. The molecule has 10 heteroatoms. The number of aliphatic hydroxyl groups excluding tert-OH is 1. The molecule has 4 aliphatic rings. The Morgan fingerprint density at radius 3 is 2.55 bits per heavy atom. The molecule has 6 rings (SSSR count). The van der Waals surface area contributed by atoms with Crippen LogP contribution in [0.2, 0.25) is 0 Å². The van der Waals surface area contributed by atoms with Crippen LogP contribution in [0.5, 0.6) is 0 Å². The summed E-state index contributed by atoms with van der Waals surface area (Å²) in [6.45, 7) is 1.26. The Bertz CT molecular complexity index is 1510. The van der Waals surface area contributed by atoms with Crippen LogP contribution in [0.25, 0.3) is 0 Å². The van der Waals surface area contributed by atoms with Gasteiger partial charge in [-0.2, -0.15) is 0 Å². The largest absolute Gasteiger partial charge is 0.488 e. The zero-order chi connectivity index (χ0) is 26.9. The van der Waals surface area contributed by atoms with Crippen molar-refractivity contribution in [2.75, 3.05) is 4.90 Å². The SMILES string of the molecule is CC1=CC(=O)C2=C(C1=O)[C@@H](c1ccc(CO)o1)C1=CC[C@@H]3C(=O)N(c4cccc(B(O)O)c4)C(=O)[C@@H]3[C@@H]1C2. The molecule has 3 aliphatic carbocycles. The lowest BCUT2D eigenvalue weighted by Gasteiger charge is -2.41. The maximum absolute atomic E-state index is 13.9. The van der Waals surface area contributed by atoms with Crippen molar-refractivity contribution < 1.29 is 38.7 Å². The molecule has 0 saturated carbocycles. The number of carbonyl (C=O) groups excluding carboxylic acids is 4. The average molecular weight is 513 g/mol. The van der Waals surface area contributed by atoms with Crippen molar-refractivity contribution >= 4 is 41.6 Å². The van der Waals surface area contributed by atoms with Gasteiger partial charge in [0.05, 0.1) is 23.4 Å². The summed E-state index contributed by atoms with van der Waals surface area (Å²) in [6.07, 6.45) is 3.61. The summed E-state index contributed by atoms with van der Waals surface area (Å²) < 4.78 is 5.86. The summed E-state index contributed by atoms with van der Waals surface area (Å²) in [5, 5.41) is 28.7. The van der Waals surface area contributed by atoms with Crippen LogP contribution < -0.4 is 10.4 Å². The Balaban J connectivity index is 1.45. The highest BCUT2D eigenvalue weighted by Crippen LogP contribution is 2.55. The lowest BCUT2D eigenvalue weighted by molar-refractivity contribution is -0.123. The molecule has 0 spiro atoms. The second kappa shape index (κ2) is 8.87. The number of aliphatic hydroxyl groups is 1. The van der Waals surface area contributed by atoms with E-state index in [0.29, 0.717) is 28.2 Å². The van der Waals surface area contributed by atoms with Gasteiger partial charge in [0.15, 0.2) is 11.6 Å². The topological polar surface area (TPSA) is 145 Å². The Kier molecular flexibility index (Phi) is 5.71. The molecule has 38 heavy (non-hydrogen) atoms. The lowest BCUT2D eigenvalue weighted by Crippen LogP contribution is -2.40. The van der Waals surface area contributed by atoms with Gasteiger partial charge in [-0.25, -0.2) is 0 Å². The van der Waals surface area contributed by atoms with Crippen molar-refractivity contribution in [3.63, 3.8) is 0 Å². The molecule has 1 aromatic carbocycles. The van der Waals surface area contributed by atoms with Gasteiger partial charge in [0.2, 0.25) is 11.8 Å². The van der Waals surface area contributed by atoms with Crippen LogP contribution in [0.15, 0.2) is 75.3 Å². The summed E-state index contributed by atoms with van der Waals surface area (Å²) in [5.74, 6) is -3.32. The predicted molar refractivity (Wildman–Crippen MR) is 135 cm³/mol. The Morgan fingerprint density at radius 1 is 1.05 bits per heavy atom. The summed E-state index contributed by atoms with van der Waals surface area (Å²) in [5.41, 5.74) is 2.12. The first-order valence-corrected chi connectivity index (χ1v) is 12.4. The van der Waals surface area contributed by atoms with E-state index < -0.39 is 42.6 Å². The highest BCUT2D eigenvalue weighted by molar-refractivity contribution is 6.58. The van der Waals surface area contributed by atoms with Crippen LogP contribution in [-0.4, -0.2) is 45.7 Å². The number of furan rings is 1. The van der Waals surface area contributed by atoms with Crippen molar-refractivity contribution in [2.24, 2.45) is 17.8 Å². The van der Waals surface area contributed by atoms with E-state index in [0.717, 1.165) is 10.5 Å². The maximum Gasteiger partial charge on any atom is 0.488 e. The zero-order valence-electron chi connectivity index (χ0n) is 20.5. The van der Waals surface area contributed by atoms with Crippen molar-refractivity contribution in [2.45, 2.75) is 32.3 Å². The normalized spacial score (nSPS) is 26.7. The van der Waals surface area contributed by atoms with Gasteiger partial charge in [0.1, 0.15) is 18.1 Å². The number of allylic oxidation sites excluding steroid dienone is 6. The number of hydrogen-bond donors (Lipinski definition) is 3. The minimum Gasteiger partial charge on any atom is -0.463 e. The van der Waals surface area contributed by atoms with Crippen LogP contribution in [0.4, 0.5) is 5.69 Å². The predicted octanol–water partition coefficient (Wildman–Crippen LogP) is 1.09. The number of nitrogens with zero attached hydrogens (tertiary/aromatic N) is 1. The van der Waals surface area contributed by atoms with E-state index in [-0.39, 0.29) is 42.2 Å². The van der Waals surface area contributed by atoms with Crippen LogP contribution in [0, 0.1) is 17.8 Å².